The van der Waals surface area contributed by atoms with Gasteiger partial charge in [0.05, 0.1) is 0 Å². The molecule has 0 aliphatic carbocycles. The largest absolute Gasteiger partial charge is 0.355 e. The monoisotopic (exact) mass is 363 g/mol. The second-order valence-corrected chi connectivity index (χ2v) is 8.85. The number of benzene rings is 3. The van der Waals surface area contributed by atoms with Crippen molar-refractivity contribution in [2.45, 2.75) is 46.5 Å². The molecule has 0 atom stereocenters. The van der Waals surface area contributed by atoms with Gasteiger partial charge in [0, 0.05) is 16.8 Å². The molecule has 3 aromatic carbocycles. The van der Waals surface area contributed by atoms with Crippen LogP contribution in [0.4, 0.5) is 11.4 Å². The lowest BCUT2D eigenvalue weighted by atomic mass is 9.72. The Kier molecular flexibility index (Phi) is 6.63. The summed E-state index contributed by atoms with van der Waals surface area (Å²) < 4.78 is 0. The third-order valence-electron chi connectivity index (χ3n) is 4.71. The van der Waals surface area contributed by atoms with Crippen LogP contribution in [0.15, 0.2) is 66.7 Å². The number of fused-ring (bicyclic) bond motifs is 1. The number of hydrazine groups is 1. The summed E-state index contributed by atoms with van der Waals surface area (Å²) in [6.07, 6.45) is 1.16. The van der Waals surface area contributed by atoms with Crippen molar-refractivity contribution < 1.29 is 0 Å². The molecule has 0 heterocycles. The highest BCUT2D eigenvalue weighted by molar-refractivity contribution is 5.95. The van der Waals surface area contributed by atoms with Gasteiger partial charge in [-0.3, -0.25) is 11.7 Å². The maximum absolute atomic E-state index is 4.00. The van der Waals surface area contributed by atoms with Gasteiger partial charge in [-0.15, -0.1) is 0 Å². The van der Waals surface area contributed by atoms with Gasteiger partial charge in [0.15, 0.2) is 0 Å². The van der Waals surface area contributed by atoms with E-state index in [1.54, 1.807) is 0 Å². The summed E-state index contributed by atoms with van der Waals surface area (Å²) in [6, 6.07) is 23.8. The highest BCUT2D eigenvalue weighted by Gasteiger charge is 2.27. The van der Waals surface area contributed by atoms with Crippen molar-refractivity contribution in [1.29, 1.82) is 0 Å². The molecule has 3 heteroatoms. The van der Waals surface area contributed by atoms with Crippen LogP contribution in [0.5, 0.6) is 0 Å². The highest BCUT2D eigenvalue weighted by atomic mass is 15.0. The fraction of sp³-hybridized carbons (Fsp3) is 0.333. The number of anilines is 2. The van der Waals surface area contributed by atoms with Crippen LogP contribution >= 0.6 is 0 Å². The van der Waals surface area contributed by atoms with Crippen molar-refractivity contribution in [2.24, 2.45) is 17.1 Å². The third-order valence-corrected chi connectivity index (χ3v) is 4.71. The van der Waals surface area contributed by atoms with Crippen LogP contribution in [-0.4, -0.2) is 0 Å². The Morgan fingerprint density at radius 3 is 1.96 bits per heavy atom. The Morgan fingerprint density at radius 1 is 0.741 bits per heavy atom. The van der Waals surface area contributed by atoms with E-state index in [1.165, 1.54) is 16.3 Å². The molecule has 0 radical (unpaired) electrons. The SMILES string of the molecule is CC(C)(C)CC(C)(C)c1ccc(Nc2cccc3ccccc23)cc1.NN. The highest BCUT2D eigenvalue weighted by Crippen LogP contribution is 2.37. The van der Waals surface area contributed by atoms with Crippen LogP contribution in [0.25, 0.3) is 10.8 Å². The molecular formula is C24H33N3. The van der Waals surface area contributed by atoms with Gasteiger partial charge in [-0.1, -0.05) is 83.1 Å². The molecule has 5 N–H and O–H groups in total. The first-order valence-electron chi connectivity index (χ1n) is 9.43. The molecule has 0 aliphatic heterocycles. The van der Waals surface area contributed by atoms with Gasteiger partial charge >= 0.3 is 0 Å². The minimum absolute atomic E-state index is 0.177. The van der Waals surface area contributed by atoms with Crippen LogP contribution in [-0.2, 0) is 5.41 Å². The minimum Gasteiger partial charge on any atom is -0.355 e. The van der Waals surface area contributed by atoms with Gasteiger partial charge in [0.25, 0.3) is 0 Å². The molecule has 0 bridgehead atoms. The minimum atomic E-state index is 0.177. The van der Waals surface area contributed by atoms with Gasteiger partial charge in [-0.25, -0.2) is 0 Å². The zero-order chi connectivity index (χ0) is 20.1. The summed E-state index contributed by atoms with van der Waals surface area (Å²) in [5.41, 5.74) is 4.18. The number of hydrogen-bond donors (Lipinski definition) is 3. The van der Waals surface area contributed by atoms with E-state index < -0.39 is 0 Å². The predicted octanol–water partition coefficient (Wildman–Crippen LogP) is 6.12. The molecule has 0 amide bonds. The van der Waals surface area contributed by atoms with E-state index in [1.807, 2.05) is 0 Å². The molecule has 27 heavy (non-hydrogen) atoms. The number of nitrogens with two attached hydrogens (primary N) is 2. The van der Waals surface area contributed by atoms with Gasteiger partial charge in [-0.2, -0.15) is 0 Å². The third kappa shape index (κ3) is 5.56. The van der Waals surface area contributed by atoms with Gasteiger partial charge in [0.2, 0.25) is 0 Å². The number of hydrogen-bond acceptors (Lipinski definition) is 3. The number of nitrogens with one attached hydrogen (secondary N) is 1. The van der Waals surface area contributed by atoms with Crippen LogP contribution in [0.1, 0.15) is 46.6 Å². The molecule has 0 unspecified atom stereocenters. The average molecular weight is 364 g/mol. The zero-order valence-electron chi connectivity index (χ0n) is 17.2. The van der Waals surface area contributed by atoms with E-state index in [2.05, 4.69) is 118 Å². The van der Waals surface area contributed by atoms with E-state index in [-0.39, 0.29) is 5.41 Å². The molecule has 0 aliphatic rings. The summed E-state index contributed by atoms with van der Waals surface area (Å²) >= 11 is 0. The second kappa shape index (κ2) is 8.55. The Morgan fingerprint density at radius 2 is 1.33 bits per heavy atom. The summed E-state index contributed by atoms with van der Waals surface area (Å²) in [4.78, 5) is 0. The van der Waals surface area contributed by atoms with Crippen molar-refractivity contribution in [1.82, 2.24) is 0 Å². The van der Waals surface area contributed by atoms with E-state index >= 15 is 0 Å². The average Bonchev–Trinajstić information content (AvgIpc) is 2.62. The lowest BCUT2D eigenvalue weighted by molar-refractivity contribution is 0.284. The van der Waals surface area contributed by atoms with Crippen LogP contribution in [0.2, 0.25) is 0 Å². The summed E-state index contributed by atoms with van der Waals surface area (Å²) in [5, 5.41) is 6.09. The van der Waals surface area contributed by atoms with Crippen molar-refractivity contribution in [2.75, 3.05) is 5.32 Å². The Balaban J connectivity index is 0.00000126. The smallest absolute Gasteiger partial charge is 0.0463 e. The lowest BCUT2D eigenvalue weighted by Gasteiger charge is -2.33. The second-order valence-electron chi connectivity index (χ2n) is 8.85. The van der Waals surface area contributed by atoms with E-state index in [4.69, 9.17) is 0 Å². The molecule has 0 aromatic heterocycles. The fourth-order valence-corrected chi connectivity index (χ4v) is 3.92. The molecule has 3 rings (SSSR count). The molecule has 0 saturated carbocycles. The molecule has 144 valence electrons. The molecule has 0 saturated heterocycles. The number of rotatable bonds is 4. The van der Waals surface area contributed by atoms with Crippen LogP contribution < -0.4 is 17.0 Å². The molecule has 0 fully saturated rings. The molecule has 3 aromatic rings. The predicted molar refractivity (Wildman–Crippen MR) is 119 cm³/mol. The Labute approximate surface area is 163 Å². The van der Waals surface area contributed by atoms with E-state index in [9.17, 15) is 0 Å². The first-order chi connectivity index (χ1) is 12.7. The summed E-state index contributed by atoms with van der Waals surface area (Å²) in [6.45, 7) is 11.6. The van der Waals surface area contributed by atoms with Crippen molar-refractivity contribution in [3.8, 4) is 0 Å². The van der Waals surface area contributed by atoms with Crippen molar-refractivity contribution in [3.05, 3.63) is 72.3 Å². The maximum Gasteiger partial charge on any atom is 0.0463 e. The zero-order valence-corrected chi connectivity index (χ0v) is 17.2. The molecule has 0 spiro atoms. The topological polar surface area (TPSA) is 64.1 Å². The van der Waals surface area contributed by atoms with E-state index in [0.717, 1.165) is 17.8 Å². The summed E-state index contributed by atoms with van der Waals surface area (Å²) in [7, 11) is 0. The summed E-state index contributed by atoms with van der Waals surface area (Å²) in [5.74, 6) is 8.00. The Bertz CT molecular complexity index is 853. The van der Waals surface area contributed by atoms with Crippen molar-refractivity contribution >= 4 is 22.1 Å². The van der Waals surface area contributed by atoms with Crippen molar-refractivity contribution in [3.63, 3.8) is 0 Å². The fourth-order valence-electron chi connectivity index (χ4n) is 3.92. The van der Waals surface area contributed by atoms with Gasteiger partial charge in [0.1, 0.15) is 0 Å². The van der Waals surface area contributed by atoms with E-state index in [0.29, 0.717) is 5.41 Å². The first kappa shape index (κ1) is 20.9. The van der Waals surface area contributed by atoms with Crippen LogP contribution in [0, 0.1) is 5.41 Å². The lowest BCUT2D eigenvalue weighted by Crippen LogP contribution is -2.24. The Hall–Kier alpha value is -2.36. The molecular weight excluding hydrogens is 330 g/mol. The normalized spacial score (nSPS) is 11.7. The standard InChI is InChI=1S/C24H29N.H4N2/c1-23(2,3)17-24(4,5)19-13-15-20(16-14-19)25-22-12-8-10-18-9-6-7-11-21(18)22;1-2/h6-16,25H,17H2,1-5H3;1-2H2. The van der Waals surface area contributed by atoms with Crippen LogP contribution in [0.3, 0.4) is 0 Å². The molecule has 3 nitrogen and oxygen atoms in total. The quantitative estimate of drug-likeness (QED) is 0.387. The first-order valence-corrected chi connectivity index (χ1v) is 9.43. The van der Waals surface area contributed by atoms with Gasteiger partial charge in [-0.05, 0) is 46.4 Å². The maximum atomic E-state index is 4.00. The van der Waals surface area contributed by atoms with Gasteiger partial charge < -0.3 is 5.32 Å².